The number of halogens is 1. The minimum absolute atomic E-state index is 0.0135. The lowest BCUT2D eigenvalue weighted by molar-refractivity contribution is -0.0669. The van der Waals surface area contributed by atoms with E-state index in [2.05, 4.69) is 22.6 Å². The number of benzene rings is 1. The summed E-state index contributed by atoms with van der Waals surface area (Å²) in [5.74, 6) is 0.0135. The first-order chi connectivity index (χ1) is 7.39. The Kier molecular flexibility index (Phi) is 2.96. The number of hydrogen-bond donors (Lipinski definition) is 1. The quantitative estimate of drug-likeness (QED) is 0.798. The van der Waals surface area contributed by atoms with Crippen LogP contribution < -0.4 is 0 Å². The molecule has 1 aromatic carbocycles. The number of amides is 1. The summed E-state index contributed by atoms with van der Waals surface area (Å²) in [5.41, 5.74) is 1.11. The maximum Gasteiger partial charge on any atom is 0.255 e. The van der Waals surface area contributed by atoms with E-state index in [4.69, 9.17) is 0 Å². The second kappa shape index (κ2) is 4.00. The number of likely N-dealkylation sites (tertiary alicyclic amines) is 1. The molecule has 0 unspecified atom stereocenters. The third-order valence-electron chi connectivity index (χ3n) is 2.70. The molecule has 0 spiro atoms. The van der Waals surface area contributed by atoms with Gasteiger partial charge in [-0.15, -0.1) is 0 Å². The molecule has 1 aromatic rings. The summed E-state index contributed by atoms with van der Waals surface area (Å²) in [4.78, 5) is 13.8. The van der Waals surface area contributed by atoms with Gasteiger partial charge in [-0.05, 0) is 48.6 Å². The number of carbonyl (C=O) groups excluding carboxylic acids is 1. The second-order valence-electron chi connectivity index (χ2n) is 4.64. The molecule has 0 atom stereocenters. The van der Waals surface area contributed by atoms with E-state index in [0.29, 0.717) is 13.1 Å². The van der Waals surface area contributed by atoms with Crippen LogP contribution in [0.1, 0.15) is 22.8 Å². The van der Waals surface area contributed by atoms with Gasteiger partial charge in [-0.2, -0.15) is 0 Å². The van der Waals surface area contributed by atoms with E-state index in [9.17, 15) is 9.90 Å². The highest BCUT2D eigenvalue weighted by Crippen LogP contribution is 2.24. The smallest absolute Gasteiger partial charge is 0.255 e. The molecule has 1 aliphatic heterocycles. The minimum atomic E-state index is -0.703. The monoisotopic (exact) mass is 331 g/mol. The van der Waals surface area contributed by atoms with Crippen molar-refractivity contribution in [2.75, 3.05) is 13.1 Å². The van der Waals surface area contributed by atoms with Gasteiger partial charge in [-0.25, -0.2) is 0 Å². The molecule has 1 aliphatic rings. The van der Waals surface area contributed by atoms with Crippen LogP contribution in [0.3, 0.4) is 0 Å². The van der Waals surface area contributed by atoms with Crippen LogP contribution in [0.15, 0.2) is 18.2 Å². The zero-order valence-corrected chi connectivity index (χ0v) is 11.5. The Hall–Kier alpha value is -0.620. The largest absolute Gasteiger partial charge is 0.386 e. The topological polar surface area (TPSA) is 40.5 Å². The van der Waals surface area contributed by atoms with Crippen molar-refractivity contribution < 1.29 is 9.90 Å². The Labute approximate surface area is 109 Å². The zero-order chi connectivity index (χ0) is 11.9. The molecule has 3 nitrogen and oxygen atoms in total. The average Bonchev–Trinajstić information content (AvgIpc) is 2.17. The van der Waals surface area contributed by atoms with Crippen LogP contribution in [0, 0.1) is 10.5 Å². The summed E-state index contributed by atoms with van der Waals surface area (Å²) >= 11 is 2.16. The number of nitrogens with zero attached hydrogens (tertiary/aromatic N) is 1. The molecule has 4 heteroatoms. The van der Waals surface area contributed by atoms with Crippen LogP contribution in [0.4, 0.5) is 0 Å². The highest BCUT2D eigenvalue weighted by Gasteiger charge is 2.39. The summed E-state index contributed by atoms with van der Waals surface area (Å²) < 4.78 is 0.958. The van der Waals surface area contributed by atoms with Crippen molar-refractivity contribution in [3.05, 3.63) is 32.9 Å². The SMILES string of the molecule is Cc1ccc(I)c(C(=O)N2CC(C)(O)C2)c1. The van der Waals surface area contributed by atoms with E-state index in [0.717, 1.165) is 14.7 Å². The van der Waals surface area contributed by atoms with Crippen LogP contribution in [0.5, 0.6) is 0 Å². The normalized spacial score (nSPS) is 18.1. The van der Waals surface area contributed by atoms with Crippen molar-refractivity contribution in [3.63, 3.8) is 0 Å². The molecule has 0 aromatic heterocycles. The molecular formula is C12H14INO2. The summed E-state index contributed by atoms with van der Waals surface area (Å²) in [6, 6.07) is 5.84. The maximum absolute atomic E-state index is 12.1. The lowest BCUT2D eigenvalue weighted by atomic mass is 9.95. The average molecular weight is 331 g/mol. The molecule has 2 rings (SSSR count). The fourth-order valence-corrected chi connectivity index (χ4v) is 2.46. The lowest BCUT2D eigenvalue weighted by Crippen LogP contribution is -2.61. The Balaban J connectivity index is 2.19. The highest BCUT2D eigenvalue weighted by atomic mass is 127. The summed E-state index contributed by atoms with van der Waals surface area (Å²) in [5, 5.41) is 9.61. The number of hydrogen-bond acceptors (Lipinski definition) is 2. The van der Waals surface area contributed by atoms with Gasteiger partial charge in [0.05, 0.1) is 24.3 Å². The number of aryl methyl sites for hydroxylation is 1. The van der Waals surface area contributed by atoms with Gasteiger partial charge in [0.15, 0.2) is 0 Å². The van der Waals surface area contributed by atoms with E-state index in [1.807, 2.05) is 25.1 Å². The molecule has 86 valence electrons. The Morgan fingerprint density at radius 1 is 1.50 bits per heavy atom. The molecule has 0 aliphatic carbocycles. The molecule has 1 heterocycles. The van der Waals surface area contributed by atoms with Crippen LogP contribution in [0.2, 0.25) is 0 Å². The summed E-state index contributed by atoms with van der Waals surface area (Å²) in [6.07, 6.45) is 0. The summed E-state index contributed by atoms with van der Waals surface area (Å²) in [6.45, 7) is 4.57. The predicted molar refractivity (Wildman–Crippen MR) is 70.4 cm³/mol. The van der Waals surface area contributed by atoms with Gasteiger partial charge in [-0.1, -0.05) is 11.6 Å². The van der Waals surface area contributed by atoms with Gasteiger partial charge >= 0.3 is 0 Å². The lowest BCUT2D eigenvalue weighted by Gasteiger charge is -2.44. The molecule has 1 fully saturated rings. The third kappa shape index (κ3) is 2.22. The fourth-order valence-electron chi connectivity index (χ4n) is 1.89. The van der Waals surface area contributed by atoms with Crippen molar-refractivity contribution in [2.45, 2.75) is 19.4 Å². The summed E-state index contributed by atoms with van der Waals surface area (Å²) in [7, 11) is 0. The molecule has 1 saturated heterocycles. The van der Waals surface area contributed by atoms with Gasteiger partial charge in [-0.3, -0.25) is 4.79 Å². The minimum Gasteiger partial charge on any atom is -0.386 e. The molecule has 0 bridgehead atoms. The highest BCUT2D eigenvalue weighted by molar-refractivity contribution is 14.1. The first-order valence-electron chi connectivity index (χ1n) is 5.17. The Morgan fingerprint density at radius 2 is 2.12 bits per heavy atom. The Bertz CT molecular complexity index is 435. The van der Waals surface area contributed by atoms with E-state index >= 15 is 0 Å². The van der Waals surface area contributed by atoms with Gasteiger partial charge in [0.25, 0.3) is 5.91 Å². The number of carbonyl (C=O) groups is 1. The number of β-amino-alcohol motifs (C(OH)–C–C–N with tert-alkyl or cyclic N) is 1. The van der Waals surface area contributed by atoms with Crippen molar-refractivity contribution in [2.24, 2.45) is 0 Å². The standard InChI is InChI=1S/C12H14INO2/c1-8-3-4-10(13)9(5-8)11(15)14-6-12(2,16)7-14/h3-5,16H,6-7H2,1-2H3. The van der Waals surface area contributed by atoms with E-state index in [-0.39, 0.29) is 5.91 Å². The van der Waals surface area contributed by atoms with Crippen molar-refractivity contribution in [1.82, 2.24) is 4.90 Å². The second-order valence-corrected chi connectivity index (χ2v) is 5.80. The molecule has 0 saturated carbocycles. The maximum atomic E-state index is 12.1. The number of aliphatic hydroxyl groups is 1. The third-order valence-corrected chi connectivity index (χ3v) is 3.64. The fraction of sp³-hybridized carbons (Fsp3) is 0.417. The molecule has 0 radical (unpaired) electrons. The van der Waals surface area contributed by atoms with Crippen LogP contribution >= 0.6 is 22.6 Å². The van der Waals surface area contributed by atoms with Gasteiger partial charge in [0.1, 0.15) is 0 Å². The van der Waals surface area contributed by atoms with E-state index < -0.39 is 5.60 Å². The van der Waals surface area contributed by atoms with E-state index in [1.54, 1.807) is 11.8 Å². The van der Waals surface area contributed by atoms with Crippen LogP contribution in [0.25, 0.3) is 0 Å². The molecule has 1 N–H and O–H groups in total. The number of rotatable bonds is 1. The van der Waals surface area contributed by atoms with Crippen molar-refractivity contribution in [3.8, 4) is 0 Å². The predicted octanol–water partition coefficient (Wildman–Crippen LogP) is 1.81. The zero-order valence-electron chi connectivity index (χ0n) is 9.33. The van der Waals surface area contributed by atoms with Gasteiger partial charge in [0.2, 0.25) is 0 Å². The van der Waals surface area contributed by atoms with E-state index in [1.165, 1.54) is 0 Å². The first-order valence-corrected chi connectivity index (χ1v) is 6.25. The van der Waals surface area contributed by atoms with Crippen molar-refractivity contribution >= 4 is 28.5 Å². The molecule has 16 heavy (non-hydrogen) atoms. The Morgan fingerprint density at radius 3 is 2.69 bits per heavy atom. The molecular weight excluding hydrogens is 317 g/mol. The van der Waals surface area contributed by atoms with Crippen molar-refractivity contribution in [1.29, 1.82) is 0 Å². The van der Waals surface area contributed by atoms with Crippen LogP contribution in [-0.4, -0.2) is 34.6 Å². The molecule has 1 amide bonds. The van der Waals surface area contributed by atoms with Gasteiger partial charge in [0, 0.05) is 3.57 Å². The van der Waals surface area contributed by atoms with Gasteiger partial charge < -0.3 is 10.0 Å². The van der Waals surface area contributed by atoms with Crippen LogP contribution in [-0.2, 0) is 0 Å². The first kappa shape index (κ1) is 11.9.